The summed E-state index contributed by atoms with van der Waals surface area (Å²) in [7, 11) is -1.30. The van der Waals surface area contributed by atoms with Gasteiger partial charge in [-0.3, -0.25) is 4.99 Å². The van der Waals surface area contributed by atoms with Crippen molar-refractivity contribution in [1.29, 1.82) is 0 Å². The van der Waals surface area contributed by atoms with Gasteiger partial charge in [-0.15, -0.1) is 35.3 Å². The minimum Gasteiger partial charge on any atom is -0.355 e. The first-order chi connectivity index (χ1) is 10.0. The molecule has 2 rings (SSSR count). The molecule has 1 saturated heterocycles. The van der Waals surface area contributed by atoms with E-state index in [0.29, 0.717) is 25.6 Å². The van der Waals surface area contributed by atoms with Gasteiger partial charge in [-0.05, 0) is 30.4 Å². The quantitative estimate of drug-likeness (QED) is 0.397. The molecule has 0 unspecified atom stereocenters. The van der Waals surface area contributed by atoms with E-state index in [-0.39, 0.29) is 29.7 Å². The molecule has 0 bridgehead atoms. The summed E-state index contributed by atoms with van der Waals surface area (Å²) in [5.74, 6) is 0.969. The number of thiophene rings is 1. The van der Waals surface area contributed by atoms with Crippen molar-refractivity contribution >= 4 is 51.3 Å². The van der Waals surface area contributed by atoms with E-state index < -0.39 is 10.0 Å². The number of rotatable bonds is 5. The first-order valence-corrected chi connectivity index (χ1v) is 9.47. The molecule has 6 nitrogen and oxygen atoms in total. The Labute approximate surface area is 153 Å². The number of guanidine groups is 1. The van der Waals surface area contributed by atoms with Crippen LogP contribution in [0.5, 0.6) is 0 Å². The number of hydrogen-bond donors (Lipinski definition) is 2. The molecule has 1 fully saturated rings. The number of sulfonamides is 1. The molecule has 1 aliphatic heterocycles. The van der Waals surface area contributed by atoms with Crippen LogP contribution in [0.4, 0.5) is 0 Å². The minimum absolute atomic E-state index is 0. The summed E-state index contributed by atoms with van der Waals surface area (Å²) in [6.07, 6.45) is 0.729. The lowest BCUT2D eigenvalue weighted by Gasteiger charge is -2.16. The second kappa shape index (κ2) is 9.04. The standard InChI is InChI=1S/C13H22N4O2S2.HI/c1-11-4-8-20-12(11)10-16-13(14-2)15-5-7-17-6-3-9-21(17,18)19;/h4,8H,3,5-7,9-10H2,1-2H3,(H2,14,15,16);1H. The molecule has 1 aromatic heterocycles. The lowest BCUT2D eigenvalue weighted by Crippen LogP contribution is -2.41. The summed E-state index contributed by atoms with van der Waals surface area (Å²) < 4.78 is 24.9. The molecular weight excluding hydrogens is 435 g/mol. The van der Waals surface area contributed by atoms with Gasteiger partial charge in [0.05, 0.1) is 12.3 Å². The number of halogens is 1. The van der Waals surface area contributed by atoms with E-state index in [1.54, 1.807) is 18.4 Å². The van der Waals surface area contributed by atoms with Gasteiger partial charge in [-0.25, -0.2) is 12.7 Å². The predicted molar refractivity (Wildman–Crippen MR) is 103 cm³/mol. The molecule has 1 aromatic rings. The highest BCUT2D eigenvalue weighted by molar-refractivity contribution is 14.0. The zero-order valence-corrected chi connectivity index (χ0v) is 16.8. The number of aliphatic imine (C=N–C) groups is 1. The summed E-state index contributed by atoms with van der Waals surface area (Å²) in [5.41, 5.74) is 1.27. The van der Waals surface area contributed by atoms with Crippen LogP contribution in [0.3, 0.4) is 0 Å². The zero-order chi connectivity index (χ0) is 15.3. The first kappa shape index (κ1) is 19.7. The van der Waals surface area contributed by atoms with Gasteiger partial charge in [-0.2, -0.15) is 0 Å². The lowest BCUT2D eigenvalue weighted by atomic mass is 10.3. The average Bonchev–Trinajstić information content (AvgIpc) is 3.00. The fraction of sp³-hybridized carbons (Fsp3) is 0.615. The van der Waals surface area contributed by atoms with Gasteiger partial charge in [-0.1, -0.05) is 0 Å². The van der Waals surface area contributed by atoms with Gasteiger partial charge >= 0.3 is 0 Å². The van der Waals surface area contributed by atoms with E-state index in [2.05, 4.69) is 34.0 Å². The van der Waals surface area contributed by atoms with Crippen molar-refractivity contribution in [2.24, 2.45) is 4.99 Å². The molecule has 0 saturated carbocycles. The summed E-state index contributed by atoms with van der Waals surface area (Å²) in [4.78, 5) is 5.43. The van der Waals surface area contributed by atoms with Crippen molar-refractivity contribution in [3.8, 4) is 0 Å². The molecule has 0 atom stereocenters. The maximum Gasteiger partial charge on any atom is 0.214 e. The van der Waals surface area contributed by atoms with Gasteiger partial charge in [0.15, 0.2) is 5.96 Å². The van der Waals surface area contributed by atoms with E-state index >= 15 is 0 Å². The highest BCUT2D eigenvalue weighted by Gasteiger charge is 2.27. The Hall–Kier alpha value is -0.390. The van der Waals surface area contributed by atoms with Gasteiger partial charge in [0.2, 0.25) is 10.0 Å². The molecule has 0 radical (unpaired) electrons. The topological polar surface area (TPSA) is 73.8 Å². The Morgan fingerprint density at radius 2 is 2.23 bits per heavy atom. The van der Waals surface area contributed by atoms with Crippen LogP contribution >= 0.6 is 35.3 Å². The van der Waals surface area contributed by atoms with Gasteiger partial charge < -0.3 is 10.6 Å². The van der Waals surface area contributed by atoms with Crippen LogP contribution in [0.1, 0.15) is 16.9 Å². The molecule has 126 valence electrons. The van der Waals surface area contributed by atoms with E-state index in [1.807, 2.05) is 0 Å². The van der Waals surface area contributed by atoms with E-state index in [1.165, 1.54) is 14.7 Å². The summed E-state index contributed by atoms with van der Waals surface area (Å²) in [6.45, 7) is 4.49. The lowest BCUT2D eigenvalue weighted by molar-refractivity contribution is 0.445. The van der Waals surface area contributed by atoms with Crippen molar-refractivity contribution in [1.82, 2.24) is 14.9 Å². The summed E-state index contributed by atoms with van der Waals surface area (Å²) in [6, 6.07) is 2.09. The number of aryl methyl sites for hydroxylation is 1. The van der Waals surface area contributed by atoms with E-state index in [9.17, 15) is 8.42 Å². The fourth-order valence-electron chi connectivity index (χ4n) is 2.21. The molecule has 0 amide bonds. The Bertz CT molecular complexity index is 601. The maximum atomic E-state index is 11.7. The third-order valence-electron chi connectivity index (χ3n) is 3.47. The third kappa shape index (κ3) is 5.36. The van der Waals surface area contributed by atoms with E-state index in [4.69, 9.17) is 0 Å². The van der Waals surface area contributed by atoms with Crippen LogP contribution in [-0.2, 0) is 16.6 Å². The summed E-state index contributed by atoms with van der Waals surface area (Å²) in [5, 5.41) is 8.46. The van der Waals surface area contributed by atoms with Crippen molar-refractivity contribution in [3.63, 3.8) is 0 Å². The average molecular weight is 458 g/mol. The molecule has 9 heteroatoms. The Kier molecular flexibility index (Phi) is 8.08. The SMILES string of the molecule is CN=C(NCCN1CCCS1(=O)=O)NCc1sccc1C.I. The largest absolute Gasteiger partial charge is 0.355 e. The van der Waals surface area contributed by atoms with Crippen LogP contribution in [0, 0.1) is 6.92 Å². The predicted octanol–water partition coefficient (Wildman–Crippen LogP) is 1.38. The van der Waals surface area contributed by atoms with Gasteiger partial charge in [0.25, 0.3) is 0 Å². The normalized spacial score (nSPS) is 18.0. The molecule has 0 spiro atoms. The molecule has 0 aliphatic carbocycles. The highest BCUT2D eigenvalue weighted by atomic mass is 127. The van der Waals surface area contributed by atoms with Crippen molar-refractivity contribution in [2.45, 2.75) is 19.9 Å². The minimum atomic E-state index is -3.01. The Morgan fingerprint density at radius 1 is 1.45 bits per heavy atom. The second-order valence-electron chi connectivity index (χ2n) is 4.95. The van der Waals surface area contributed by atoms with Crippen LogP contribution < -0.4 is 10.6 Å². The molecule has 0 aromatic carbocycles. The number of hydrogen-bond acceptors (Lipinski definition) is 4. The van der Waals surface area contributed by atoms with Crippen molar-refractivity contribution in [2.75, 3.05) is 32.4 Å². The molecular formula is C13H23IN4O2S2. The zero-order valence-electron chi connectivity index (χ0n) is 12.8. The van der Waals surface area contributed by atoms with Crippen LogP contribution in [0.15, 0.2) is 16.4 Å². The van der Waals surface area contributed by atoms with Crippen LogP contribution in [0.2, 0.25) is 0 Å². The number of nitrogens with one attached hydrogen (secondary N) is 2. The molecule has 2 N–H and O–H groups in total. The van der Waals surface area contributed by atoms with Crippen molar-refractivity contribution < 1.29 is 8.42 Å². The fourth-order valence-corrected chi connectivity index (χ4v) is 4.59. The van der Waals surface area contributed by atoms with Gasteiger partial charge in [0, 0.05) is 31.6 Å². The van der Waals surface area contributed by atoms with E-state index in [0.717, 1.165) is 13.0 Å². The smallest absolute Gasteiger partial charge is 0.214 e. The highest BCUT2D eigenvalue weighted by Crippen LogP contribution is 2.14. The van der Waals surface area contributed by atoms with Crippen LogP contribution in [0.25, 0.3) is 0 Å². The number of nitrogens with zero attached hydrogens (tertiary/aromatic N) is 2. The van der Waals surface area contributed by atoms with Crippen molar-refractivity contribution in [3.05, 3.63) is 21.9 Å². The maximum absolute atomic E-state index is 11.7. The summed E-state index contributed by atoms with van der Waals surface area (Å²) >= 11 is 1.71. The molecule has 1 aliphatic rings. The van der Waals surface area contributed by atoms with Gasteiger partial charge in [0.1, 0.15) is 0 Å². The van der Waals surface area contributed by atoms with Crippen LogP contribution in [-0.4, -0.2) is 51.1 Å². The monoisotopic (exact) mass is 458 g/mol. The second-order valence-corrected chi connectivity index (χ2v) is 8.04. The molecule has 22 heavy (non-hydrogen) atoms. The first-order valence-electron chi connectivity index (χ1n) is 6.98. The Balaban J connectivity index is 0.00000242. The molecule has 2 heterocycles. The Morgan fingerprint density at radius 3 is 2.77 bits per heavy atom. The third-order valence-corrected chi connectivity index (χ3v) is 6.44.